The van der Waals surface area contributed by atoms with E-state index in [4.69, 9.17) is 16.6 Å². The molecule has 0 fully saturated rings. The number of pyridine rings is 1. The first-order chi connectivity index (χ1) is 16.1. The van der Waals surface area contributed by atoms with Gasteiger partial charge < -0.3 is 0 Å². The van der Waals surface area contributed by atoms with Gasteiger partial charge in [0.15, 0.2) is 17.3 Å². The molecule has 0 unspecified atom stereocenters. The number of carbonyl (C=O) groups excluding carboxylic acids is 1. The van der Waals surface area contributed by atoms with Gasteiger partial charge in [-0.25, -0.2) is 9.78 Å². The summed E-state index contributed by atoms with van der Waals surface area (Å²) in [5, 5.41) is 6.03. The van der Waals surface area contributed by atoms with Crippen molar-refractivity contribution in [1.29, 1.82) is 0 Å². The average Bonchev–Trinajstić information content (AvgIpc) is 3.45. The van der Waals surface area contributed by atoms with Gasteiger partial charge in [-0.2, -0.15) is 4.52 Å². The number of rotatable bonds is 4. The molecule has 0 aliphatic heterocycles. The van der Waals surface area contributed by atoms with E-state index in [1.54, 1.807) is 52.6 Å². The molecule has 1 aliphatic rings. The molecule has 0 amide bonds. The second kappa shape index (κ2) is 7.90. The van der Waals surface area contributed by atoms with Crippen molar-refractivity contribution in [2.45, 2.75) is 32.2 Å². The summed E-state index contributed by atoms with van der Waals surface area (Å²) >= 11 is 7.57. The molecule has 0 atom stereocenters. The summed E-state index contributed by atoms with van der Waals surface area (Å²) in [6, 6.07) is 10.4. The standard InChI is InChI=1S/C24H18ClN5O2S/c25-16-7-5-14(6-8-16)18(31)13-29-23-20(17-3-1-2-4-19(17)33-23)22-27-21(28-30(22)24(29)32)15-9-11-26-12-10-15/h5-12H,1-4,13H2. The van der Waals surface area contributed by atoms with Crippen molar-refractivity contribution in [3.8, 4) is 11.4 Å². The molecule has 0 N–H and O–H groups in total. The van der Waals surface area contributed by atoms with E-state index in [-0.39, 0.29) is 18.0 Å². The summed E-state index contributed by atoms with van der Waals surface area (Å²) in [6.45, 7) is -0.0727. The lowest BCUT2D eigenvalue weighted by molar-refractivity contribution is 0.0972. The number of benzene rings is 1. The number of fused-ring (bicyclic) bond motifs is 5. The highest BCUT2D eigenvalue weighted by atomic mass is 35.5. The molecule has 0 spiro atoms. The predicted molar refractivity (Wildman–Crippen MR) is 128 cm³/mol. The van der Waals surface area contributed by atoms with Crippen LogP contribution in [0.2, 0.25) is 5.02 Å². The Labute approximate surface area is 197 Å². The normalized spacial score (nSPS) is 13.5. The summed E-state index contributed by atoms with van der Waals surface area (Å²) in [5.74, 6) is 0.309. The highest BCUT2D eigenvalue weighted by Gasteiger charge is 2.25. The van der Waals surface area contributed by atoms with E-state index >= 15 is 0 Å². The molecule has 5 aromatic rings. The lowest BCUT2D eigenvalue weighted by Crippen LogP contribution is -2.30. The van der Waals surface area contributed by atoms with Crippen LogP contribution < -0.4 is 5.69 Å². The zero-order valence-corrected chi connectivity index (χ0v) is 19.1. The van der Waals surface area contributed by atoms with Gasteiger partial charge in [0.2, 0.25) is 0 Å². The zero-order valence-electron chi connectivity index (χ0n) is 17.5. The maximum atomic E-state index is 13.6. The van der Waals surface area contributed by atoms with Crippen molar-refractivity contribution in [3.05, 3.63) is 80.3 Å². The molecule has 0 bridgehead atoms. The molecule has 9 heteroatoms. The fraction of sp³-hybridized carbons (Fsp3) is 0.208. The van der Waals surface area contributed by atoms with Crippen LogP contribution in [0.1, 0.15) is 33.6 Å². The summed E-state index contributed by atoms with van der Waals surface area (Å²) in [5.41, 5.74) is 2.71. The second-order valence-corrected chi connectivity index (χ2v) is 9.62. The first-order valence-corrected chi connectivity index (χ1v) is 11.9. The van der Waals surface area contributed by atoms with E-state index in [2.05, 4.69) is 10.1 Å². The van der Waals surface area contributed by atoms with E-state index in [9.17, 15) is 9.59 Å². The second-order valence-electron chi connectivity index (χ2n) is 8.10. The fourth-order valence-corrected chi connectivity index (χ4v) is 5.92. The van der Waals surface area contributed by atoms with Gasteiger partial charge in [-0.15, -0.1) is 16.4 Å². The van der Waals surface area contributed by atoms with Gasteiger partial charge in [0.25, 0.3) is 0 Å². The SMILES string of the molecule is O=C(Cn1c(=O)n2nc(-c3ccncc3)nc2c2c3c(sc21)CCCC3)c1ccc(Cl)cc1. The molecule has 1 aromatic carbocycles. The highest BCUT2D eigenvalue weighted by molar-refractivity contribution is 7.19. The molecular weight excluding hydrogens is 458 g/mol. The van der Waals surface area contributed by atoms with Gasteiger partial charge in [-0.3, -0.25) is 14.3 Å². The van der Waals surface area contributed by atoms with E-state index in [1.165, 1.54) is 15.0 Å². The highest BCUT2D eigenvalue weighted by Crippen LogP contribution is 2.38. The van der Waals surface area contributed by atoms with Crippen LogP contribution in [0.5, 0.6) is 0 Å². The van der Waals surface area contributed by atoms with Gasteiger partial charge in [0, 0.05) is 33.4 Å². The molecule has 4 aromatic heterocycles. The van der Waals surface area contributed by atoms with Crippen LogP contribution in [-0.2, 0) is 19.4 Å². The zero-order chi connectivity index (χ0) is 22.5. The quantitative estimate of drug-likeness (QED) is 0.355. The number of thiophene rings is 1. The van der Waals surface area contributed by atoms with Crippen molar-refractivity contribution in [2.75, 3.05) is 0 Å². The molecule has 0 saturated heterocycles. The molecule has 1 aliphatic carbocycles. The average molecular weight is 476 g/mol. The van der Waals surface area contributed by atoms with Crippen LogP contribution in [0.15, 0.2) is 53.6 Å². The maximum absolute atomic E-state index is 13.6. The smallest absolute Gasteiger partial charge is 0.292 e. The molecule has 33 heavy (non-hydrogen) atoms. The Balaban J connectivity index is 1.59. The summed E-state index contributed by atoms with van der Waals surface area (Å²) in [6.07, 6.45) is 7.48. The third-order valence-corrected chi connectivity index (χ3v) is 7.61. The van der Waals surface area contributed by atoms with Gasteiger partial charge in [0.1, 0.15) is 4.83 Å². The minimum absolute atomic E-state index is 0.0727. The van der Waals surface area contributed by atoms with Crippen molar-refractivity contribution in [1.82, 2.24) is 24.1 Å². The van der Waals surface area contributed by atoms with Gasteiger partial charge in [0.05, 0.1) is 11.9 Å². The first-order valence-electron chi connectivity index (χ1n) is 10.7. The van der Waals surface area contributed by atoms with Crippen LogP contribution in [-0.4, -0.2) is 29.9 Å². The first kappa shape index (κ1) is 20.3. The summed E-state index contributed by atoms with van der Waals surface area (Å²) in [7, 11) is 0. The number of ketones is 1. The van der Waals surface area contributed by atoms with Gasteiger partial charge in [-0.1, -0.05) is 11.6 Å². The number of carbonyl (C=O) groups is 1. The molecule has 6 rings (SSSR count). The molecule has 0 saturated carbocycles. The predicted octanol–water partition coefficient (Wildman–Crippen LogP) is 4.58. The fourth-order valence-electron chi connectivity index (χ4n) is 4.41. The van der Waals surface area contributed by atoms with Gasteiger partial charge in [-0.05, 0) is 67.6 Å². The third kappa shape index (κ3) is 3.37. The van der Waals surface area contributed by atoms with Crippen LogP contribution in [0.4, 0.5) is 0 Å². The molecule has 7 nitrogen and oxygen atoms in total. The number of hydrogen-bond donors (Lipinski definition) is 0. The van der Waals surface area contributed by atoms with E-state index in [0.717, 1.165) is 41.5 Å². The van der Waals surface area contributed by atoms with Crippen molar-refractivity contribution in [3.63, 3.8) is 0 Å². The number of aromatic nitrogens is 5. The van der Waals surface area contributed by atoms with Crippen LogP contribution >= 0.6 is 22.9 Å². The monoisotopic (exact) mass is 475 g/mol. The minimum Gasteiger partial charge on any atom is -0.292 e. The van der Waals surface area contributed by atoms with Crippen molar-refractivity contribution >= 4 is 44.6 Å². The number of nitrogens with zero attached hydrogens (tertiary/aromatic N) is 5. The third-order valence-electron chi connectivity index (χ3n) is 6.05. The Morgan fingerprint density at radius 2 is 1.82 bits per heavy atom. The number of aryl methyl sites for hydroxylation is 2. The largest absolute Gasteiger partial charge is 0.352 e. The lowest BCUT2D eigenvalue weighted by Gasteiger charge is -2.11. The van der Waals surface area contributed by atoms with E-state index in [0.29, 0.717) is 22.1 Å². The number of hydrogen-bond acceptors (Lipinski definition) is 6. The molecule has 0 radical (unpaired) electrons. The van der Waals surface area contributed by atoms with E-state index in [1.807, 2.05) is 12.1 Å². The summed E-state index contributed by atoms with van der Waals surface area (Å²) < 4.78 is 2.89. The lowest BCUT2D eigenvalue weighted by atomic mass is 9.97. The minimum atomic E-state index is -0.369. The molecular formula is C24H18ClN5O2S. The molecule has 4 heterocycles. The Hall–Kier alpha value is -3.36. The Kier molecular flexibility index (Phi) is 4.85. The van der Waals surface area contributed by atoms with E-state index < -0.39 is 0 Å². The van der Waals surface area contributed by atoms with Crippen molar-refractivity contribution in [2.24, 2.45) is 0 Å². The van der Waals surface area contributed by atoms with Crippen molar-refractivity contribution < 1.29 is 4.79 Å². The number of halogens is 1. The maximum Gasteiger partial charge on any atom is 0.352 e. The van der Waals surface area contributed by atoms with Crippen LogP contribution in [0.25, 0.3) is 27.3 Å². The topological polar surface area (TPSA) is 82.2 Å². The molecule has 164 valence electrons. The summed E-state index contributed by atoms with van der Waals surface area (Å²) in [4.78, 5) is 37.5. The Morgan fingerprint density at radius 1 is 1.06 bits per heavy atom. The number of Topliss-reactive ketones (excluding diaryl/α,β-unsaturated/α-hetero) is 1. The Bertz CT molecular complexity index is 1590. The Morgan fingerprint density at radius 3 is 2.61 bits per heavy atom. The van der Waals surface area contributed by atoms with Crippen LogP contribution in [0, 0.1) is 0 Å². The van der Waals surface area contributed by atoms with Gasteiger partial charge >= 0.3 is 5.69 Å². The van der Waals surface area contributed by atoms with Crippen LogP contribution in [0.3, 0.4) is 0 Å².